The van der Waals surface area contributed by atoms with Crippen molar-refractivity contribution in [3.63, 3.8) is 0 Å². The maximum atomic E-state index is 14.2. The Bertz CT molecular complexity index is 1450. The number of anilines is 1. The van der Waals surface area contributed by atoms with E-state index in [4.69, 9.17) is 27.9 Å². The van der Waals surface area contributed by atoms with Crippen LogP contribution in [-0.2, 0) is 26.2 Å². The van der Waals surface area contributed by atoms with Crippen LogP contribution >= 0.6 is 39.1 Å². The highest BCUT2D eigenvalue weighted by Crippen LogP contribution is 2.30. The predicted octanol–water partition coefficient (Wildman–Crippen LogP) is 6.68. The van der Waals surface area contributed by atoms with Gasteiger partial charge in [-0.05, 0) is 80.4 Å². The minimum absolute atomic E-state index is 0.000753. The average Bonchev–Trinajstić information content (AvgIpc) is 2.97. The Kier molecular flexibility index (Phi) is 12.5. The second-order valence-electron chi connectivity index (χ2n) is 9.33. The van der Waals surface area contributed by atoms with Crippen LogP contribution in [0.25, 0.3) is 0 Å². The number of nitrogens with zero attached hydrogens (tertiary/aromatic N) is 2. The van der Waals surface area contributed by atoms with Crippen LogP contribution in [0.15, 0.2) is 76.1 Å². The molecule has 3 aromatic rings. The molecule has 3 aromatic carbocycles. The Balaban J connectivity index is 2.09. The number of hydrogen-bond acceptors (Lipinski definition) is 5. The van der Waals surface area contributed by atoms with Crippen LogP contribution in [0.3, 0.4) is 0 Å². The summed E-state index contributed by atoms with van der Waals surface area (Å²) in [6, 6.07) is 16.7. The SMILES string of the molecule is CCCNC(=O)C(CC)N(Cc1c(Cl)cccc1Cl)C(=O)CN(c1ccc(OCC)cc1)S(=O)(=O)c1ccc(Br)cc1. The first-order chi connectivity index (χ1) is 20.0. The molecule has 0 aliphatic rings. The number of nitrogens with one attached hydrogen (secondary N) is 1. The van der Waals surface area contributed by atoms with Gasteiger partial charge in [0.25, 0.3) is 10.0 Å². The van der Waals surface area contributed by atoms with E-state index in [9.17, 15) is 18.0 Å². The van der Waals surface area contributed by atoms with E-state index in [0.717, 1.165) is 4.31 Å². The van der Waals surface area contributed by atoms with Gasteiger partial charge in [0, 0.05) is 33.2 Å². The third-order valence-corrected chi connectivity index (χ3v) is 9.47. The maximum absolute atomic E-state index is 14.2. The van der Waals surface area contributed by atoms with Crippen LogP contribution < -0.4 is 14.4 Å². The van der Waals surface area contributed by atoms with Crippen molar-refractivity contribution in [1.29, 1.82) is 0 Å². The summed E-state index contributed by atoms with van der Waals surface area (Å²) in [5.41, 5.74) is 0.716. The normalized spacial score (nSPS) is 12.0. The lowest BCUT2D eigenvalue weighted by molar-refractivity contribution is -0.140. The Labute approximate surface area is 266 Å². The number of amides is 2. The quantitative estimate of drug-likeness (QED) is 0.203. The summed E-state index contributed by atoms with van der Waals surface area (Å²) in [5.74, 6) is -0.388. The highest BCUT2D eigenvalue weighted by molar-refractivity contribution is 9.10. The van der Waals surface area contributed by atoms with Crippen LogP contribution in [-0.4, -0.2) is 50.9 Å². The smallest absolute Gasteiger partial charge is 0.264 e. The van der Waals surface area contributed by atoms with Crippen molar-refractivity contribution in [2.75, 3.05) is 24.0 Å². The Hall–Kier alpha value is -2.79. The van der Waals surface area contributed by atoms with Gasteiger partial charge in [0.2, 0.25) is 11.8 Å². The van der Waals surface area contributed by atoms with E-state index in [1.807, 2.05) is 13.8 Å². The molecule has 226 valence electrons. The van der Waals surface area contributed by atoms with Gasteiger partial charge in [0.15, 0.2) is 0 Å². The lowest BCUT2D eigenvalue weighted by Crippen LogP contribution is -2.52. The number of sulfonamides is 1. The molecule has 0 saturated carbocycles. The molecule has 1 N–H and O–H groups in total. The monoisotopic (exact) mass is 697 g/mol. The molecule has 1 unspecified atom stereocenters. The average molecular weight is 699 g/mol. The highest BCUT2D eigenvalue weighted by Gasteiger charge is 2.34. The molecule has 0 aromatic heterocycles. The number of ether oxygens (including phenoxy) is 1. The van der Waals surface area contributed by atoms with E-state index in [1.165, 1.54) is 17.0 Å². The van der Waals surface area contributed by atoms with Crippen molar-refractivity contribution in [2.45, 2.75) is 51.1 Å². The van der Waals surface area contributed by atoms with Crippen LogP contribution in [0.2, 0.25) is 10.0 Å². The maximum Gasteiger partial charge on any atom is 0.264 e. The zero-order valence-corrected chi connectivity index (χ0v) is 27.6. The fourth-order valence-corrected chi connectivity index (χ4v) is 6.47. The van der Waals surface area contributed by atoms with Crippen molar-refractivity contribution in [3.8, 4) is 5.75 Å². The summed E-state index contributed by atoms with van der Waals surface area (Å²) in [6.45, 7) is 5.76. The molecule has 2 amide bonds. The zero-order chi connectivity index (χ0) is 30.9. The van der Waals surface area contributed by atoms with Crippen LogP contribution in [0.4, 0.5) is 5.69 Å². The van der Waals surface area contributed by atoms with Gasteiger partial charge in [0.05, 0.1) is 17.2 Å². The van der Waals surface area contributed by atoms with E-state index in [-0.39, 0.29) is 29.5 Å². The van der Waals surface area contributed by atoms with Gasteiger partial charge in [-0.15, -0.1) is 0 Å². The van der Waals surface area contributed by atoms with Gasteiger partial charge in [-0.2, -0.15) is 0 Å². The third-order valence-electron chi connectivity index (χ3n) is 6.44. The molecule has 0 bridgehead atoms. The van der Waals surface area contributed by atoms with Crippen LogP contribution in [0.1, 0.15) is 39.2 Å². The van der Waals surface area contributed by atoms with E-state index >= 15 is 0 Å². The molecule has 0 fully saturated rings. The minimum Gasteiger partial charge on any atom is -0.494 e. The third kappa shape index (κ3) is 8.40. The molecule has 42 heavy (non-hydrogen) atoms. The predicted molar refractivity (Wildman–Crippen MR) is 171 cm³/mol. The van der Waals surface area contributed by atoms with Gasteiger partial charge in [-0.3, -0.25) is 13.9 Å². The first kappa shape index (κ1) is 33.7. The summed E-state index contributed by atoms with van der Waals surface area (Å²) >= 11 is 16.2. The highest BCUT2D eigenvalue weighted by atomic mass is 79.9. The molecule has 12 heteroatoms. The first-order valence-electron chi connectivity index (χ1n) is 13.5. The largest absolute Gasteiger partial charge is 0.494 e. The topological polar surface area (TPSA) is 96.0 Å². The molecule has 0 heterocycles. The molecule has 0 saturated heterocycles. The second kappa shape index (κ2) is 15.6. The summed E-state index contributed by atoms with van der Waals surface area (Å²) in [6.07, 6.45) is 0.995. The molecular weight excluding hydrogens is 665 g/mol. The number of benzene rings is 3. The molecule has 0 aliphatic carbocycles. The number of halogens is 3. The van der Waals surface area contributed by atoms with Crippen molar-refractivity contribution < 1.29 is 22.7 Å². The molecule has 0 radical (unpaired) electrons. The number of hydrogen-bond donors (Lipinski definition) is 1. The number of rotatable bonds is 14. The fraction of sp³-hybridized carbons (Fsp3) is 0.333. The Morgan fingerprint density at radius 2 is 1.57 bits per heavy atom. The number of carbonyl (C=O) groups excluding carboxylic acids is 2. The Morgan fingerprint density at radius 3 is 2.12 bits per heavy atom. The van der Waals surface area contributed by atoms with Gasteiger partial charge in [-0.1, -0.05) is 59.0 Å². The van der Waals surface area contributed by atoms with E-state index in [2.05, 4.69) is 21.2 Å². The molecule has 0 spiro atoms. The van der Waals surface area contributed by atoms with Crippen LogP contribution in [0.5, 0.6) is 5.75 Å². The van der Waals surface area contributed by atoms with Gasteiger partial charge in [-0.25, -0.2) is 8.42 Å². The molecule has 0 aliphatic heterocycles. The fourth-order valence-electron chi connectivity index (χ4n) is 4.28. The lowest BCUT2D eigenvalue weighted by Gasteiger charge is -2.33. The summed E-state index contributed by atoms with van der Waals surface area (Å²) in [4.78, 5) is 28.7. The van der Waals surface area contributed by atoms with E-state index < -0.39 is 28.5 Å². The Morgan fingerprint density at radius 1 is 0.952 bits per heavy atom. The summed E-state index contributed by atoms with van der Waals surface area (Å²) in [5, 5.41) is 3.51. The molecule has 8 nitrogen and oxygen atoms in total. The molecule has 3 rings (SSSR count). The van der Waals surface area contributed by atoms with Crippen molar-refractivity contribution in [1.82, 2.24) is 10.2 Å². The molecule has 1 atom stereocenters. The van der Waals surface area contributed by atoms with Gasteiger partial charge >= 0.3 is 0 Å². The summed E-state index contributed by atoms with van der Waals surface area (Å²) < 4.78 is 35.2. The van der Waals surface area contributed by atoms with Crippen molar-refractivity contribution in [2.24, 2.45) is 0 Å². The van der Waals surface area contributed by atoms with E-state index in [0.29, 0.717) is 45.4 Å². The van der Waals surface area contributed by atoms with Crippen LogP contribution in [0, 0.1) is 0 Å². The lowest BCUT2D eigenvalue weighted by atomic mass is 10.1. The standard InChI is InChI=1S/C30H34BrCl2N3O5S/c1-4-18-34-30(38)28(5-2)35(19-25-26(32)8-7-9-27(25)33)29(37)20-36(22-12-14-23(15-13-22)41-6-3)42(39,40)24-16-10-21(31)11-17-24/h7-17,28H,4-6,18-20H2,1-3H3,(H,34,38). The zero-order valence-electron chi connectivity index (χ0n) is 23.6. The van der Waals surface area contributed by atoms with E-state index in [1.54, 1.807) is 61.5 Å². The number of carbonyl (C=O) groups is 2. The second-order valence-corrected chi connectivity index (χ2v) is 12.9. The summed E-state index contributed by atoms with van der Waals surface area (Å²) in [7, 11) is -4.21. The minimum atomic E-state index is -4.21. The van der Waals surface area contributed by atoms with Crippen molar-refractivity contribution >= 4 is 66.7 Å². The van der Waals surface area contributed by atoms with Gasteiger partial charge < -0.3 is 15.0 Å². The first-order valence-corrected chi connectivity index (χ1v) is 16.5. The molecular formula is C30H34BrCl2N3O5S. The van der Waals surface area contributed by atoms with Crippen molar-refractivity contribution in [3.05, 3.63) is 86.8 Å². The van der Waals surface area contributed by atoms with Gasteiger partial charge in [0.1, 0.15) is 18.3 Å².